The molecule has 1 aromatic rings. The number of hydrogen-bond acceptors (Lipinski definition) is 1. The predicted molar refractivity (Wildman–Crippen MR) is 148 cm³/mol. The lowest BCUT2D eigenvalue weighted by Crippen LogP contribution is -2.10. The van der Waals surface area contributed by atoms with Crippen molar-refractivity contribution in [2.45, 2.75) is 108 Å². The van der Waals surface area contributed by atoms with Crippen LogP contribution in [0.4, 0.5) is 0 Å². The molecule has 32 heavy (non-hydrogen) atoms. The van der Waals surface area contributed by atoms with E-state index in [-0.39, 0.29) is 0 Å². The summed E-state index contributed by atoms with van der Waals surface area (Å²) in [6, 6.07) is 2.35. The Kier molecular flexibility index (Phi) is 9.29. The molecule has 1 aromatic carbocycles. The van der Waals surface area contributed by atoms with Gasteiger partial charge in [0.05, 0.1) is 0 Å². The number of allylic oxidation sites excluding steroid dienone is 7. The third-order valence-corrected chi connectivity index (χ3v) is 8.55. The van der Waals surface area contributed by atoms with Crippen molar-refractivity contribution in [1.82, 2.24) is 0 Å². The fraction of sp³-hybridized carbons (Fsp3) is 0.548. The Bertz CT molecular complexity index is 977. The number of benzene rings is 1. The minimum atomic E-state index is 0.429. The molecule has 1 atom stereocenters. The molecular weight excluding hydrogens is 404 g/mol. The molecule has 1 unspecified atom stereocenters. The van der Waals surface area contributed by atoms with Crippen molar-refractivity contribution in [3.05, 3.63) is 78.5 Å². The van der Waals surface area contributed by atoms with Gasteiger partial charge in [-0.1, -0.05) is 42.2 Å². The molecule has 0 fully saturated rings. The van der Waals surface area contributed by atoms with Crippen molar-refractivity contribution in [3.63, 3.8) is 0 Å². The van der Waals surface area contributed by atoms with Gasteiger partial charge in [-0.25, -0.2) is 0 Å². The van der Waals surface area contributed by atoms with E-state index in [0.717, 1.165) is 31.4 Å². The molecule has 1 aliphatic carbocycles. The van der Waals surface area contributed by atoms with Gasteiger partial charge in [0.15, 0.2) is 0 Å². The summed E-state index contributed by atoms with van der Waals surface area (Å²) in [4.78, 5) is 0. The second-order valence-electron chi connectivity index (χ2n) is 10.2. The van der Waals surface area contributed by atoms with Crippen molar-refractivity contribution in [2.75, 3.05) is 5.75 Å². The van der Waals surface area contributed by atoms with E-state index < -0.39 is 0 Å². The van der Waals surface area contributed by atoms with Crippen molar-refractivity contribution in [2.24, 2.45) is 0 Å². The van der Waals surface area contributed by atoms with Gasteiger partial charge < -0.3 is 0 Å². The number of aryl methyl sites for hydroxylation is 2. The summed E-state index contributed by atoms with van der Waals surface area (Å²) in [5.41, 5.74) is 19.5. The first-order chi connectivity index (χ1) is 15.0. The molecule has 0 N–H and O–H groups in total. The van der Waals surface area contributed by atoms with Gasteiger partial charge in [-0.05, 0) is 138 Å². The molecule has 0 amide bonds. The summed E-state index contributed by atoms with van der Waals surface area (Å²) in [7, 11) is 0. The molecule has 0 spiro atoms. The maximum absolute atomic E-state index is 4.80. The van der Waals surface area contributed by atoms with Gasteiger partial charge in [-0.2, -0.15) is 12.6 Å². The zero-order valence-corrected chi connectivity index (χ0v) is 23.5. The predicted octanol–water partition coefficient (Wildman–Crippen LogP) is 9.83. The molecule has 2 rings (SSSR count). The number of hydrogen-bond donors (Lipinski definition) is 1. The molecule has 0 bridgehead atoms. The van der Waals surface area contributed by atoms with Gasteiger partial charge in [0, 0.05) is 11.7 Å². The van der Waals surface area contributed by atoms with Crippen LogP contribution in [0.25, 0.3) is 0 Å². The van der Waals surface area contributed by atoms with Crippen LogP contribution >= 0.6 is 12.6 Å². The normalized spacial score (nSPS) is 19.0. The first kappa shape index (κ1) is 26.8. The molecule has 176 valence electrons. The van der Waals surface area contributed by atoms with E-state index in [1.165, 1.54) is 55.7 Å². The maximum atomic E-state index is 4.80. The van der Waals surface area contributed by atoms with Gasteiger partial charge in [-0.15, -0.1) is 0 Å². The summed E-state index contributed by atoms with van der Waals surface area (Å²) in [5.74, 6) is 1.27. The van der Waals surface area contributed by atoms with Crippen molar-refractivity contribution >= 4 is 12.6 Å². The van der Waals surface area contributed by atoms with Crippen LogP contribution in [0, 0.1) is 27.7 Å². The van der Waals surface area contributed by atoms with E-state index in [1.54, 1.807) is 16.7 Å². The molecule has 0 aliphatic heterocycles. The van der Waals surface area contributed by atoms with Gasteiger partial charge in [0.25, 0.3) is 0 Å². The smallest absolute Gasteiger partial charge is 0.0119 e. The second-order valence-corrected chi connectivity index (χ2v) is 10.5. The van der Waals surface area contributed by atoms with Crippen molar-refractivity contribution < 1.29 is 0 Å². The quantitative estimate of drug-likeness (QED) is 0.424. The molecule has 0 heterocycles. The summed E-state index contributed by atoms with van der Waals surface area (Å²) in [6.07, 6.45) is 4.37. The zero-order valence-electron chi connectivity index (χ0n) is 22.6. The first-order valence-corrected chi connectivity index (χ1v) is 13.0. The highest BCUT2D eigenvalue weighted by molar-refractivity contribution is 7.80. The Morgan fingerprint density at radius 3 is 1.97 bits per heavy atom. The standard InChI is InChI=1S/C31H46S/c1-12-28-23(8)21(6)16-30(22(7)18(2)3)27(17-32)13-14-29(28)26(11)31-24(9)19(4)15-20(5)25(31)10/h15,26,32H,12-14,16-17H2,1-11H3/b23-21?,29-28?,30-27-. The lowest BCUT2D eigenvalue weighted by Gasteiger charge is -2.27. The SMILES string of the molecule is CCC1=C(C(C)c2c(C)c(C)cc(C)c2C)CC/C(CS)=C(/C(C)=C(C)C)CC(C)=C1C. The van der Waals surface area contributed by atoms with Crippen LogP contribution in [-0.4, -0.2) is 5.75 Å². The zero-order chi connectivity index (χ0) is 24.3. The van der Waals surface area contributed by atoms with Crippen LogP contribution in [0.2, 0.25) is 0 Å². The summed E-state index contributed by atoms with van der Waals surface area (Å²) in [6.45, 7) is 25.5. The molecule has 1 heteroatoms. The van der Waals surface area contributed by atoms with Crippen LogP contribution in [0.15, 0.2) is 50.7 Å². The minimum absolute atomic E-state index is 0.429. The van der Waals surface area contributed by atoms with E-state index in [0.29, 0.717) is 5.92 Å². The molecule has 0 aromatic heterocycles. The third-order valence-electron chi connectivity index (χ3n) is 8.17. The van der Waals surface area contributed by atoms with Crippen LogP contribution in [0.3, 0.4) is 0 Å². The van der Waals surface area contributed by atoms with Crippen molar-refractivity contribution in [3.8, 4) is 0 Å². The molecule has 0 saturated carbocycles. The van der Waals surface area contributed by atoms with Gasteiger partial charge in [0.1, 0.15) is 0 Å². The van der Waals surface area contributed by atoms with E-state index in [2.05, 4.69) is 82.2 Å². The number of thiol groups is 1. The number of rotatable bonds is 5. The van der Waals surface area contributed by atoms with Gasteiger partial charge >= 0.3 is 0 Å². The van der Waals surface area contributed by atoms with Crippen LogP contribution < -0.4 is 0 Å². The molecule has 0 saturated heterocycles. The second kappa shape index (κ2) is 11.1. The highest BCUT2D eigenvalue weighted by Gasteiger charge is 2.24. The monoisotopic (exact) mass is 450 g/mol. The molecule has 0 radical (unpaired) electrons. The average molecular weight is 451 g/mol. The summed E-state index contributed by atoms with van der Waals surface area (Å²) >= 11 is 4.80. The Morgan fingerprint density at radius 2 is 1.50 bits per heavy atom. The largest absolute Gasteiger partial charge is 0.175 e. The lowest BCUT2D eigenvalue weighted by atomic mass is 9.78. The van der Waals surface area contributed by atoms with Crippen LogP contribution in [0.5, 0.6) is 0 Å². The Labute approximate surface area is 204 Å². The van der Waals surface area contributed by atoms with Gasteiger partial charge in [0.2, 0.25) is 0 Å². The van der Waals surface area contributed by atoms with E-state index in [4.69, 9.17) is 12.6 Å². The highest BCUT2D eigenvalue weighted by atomic mass is 32.1. The summed E-state index contributed by atoms with van der Waals surface area (Å²) < 4.78 is 0. The molecular formula is C31H46S. The third kappa shape index (κ3) is 5.36. The van der Waals surface area contributed by atoms with Crippen molar-refractivity contribution in [1.29, 1.82) is 0 Å². The molecule has 0 nitrogen and oxygen atoms in total. The van der Waals surface area contributed by atoms with Crippen LogP contribution in [0.1, 0.15) is 108 Å². The fourth-order valence-corrected chi connectivity index (χ4v) is 5.87. The first-order valence-electron chi connectivity index (χ1n) is 12.4. The molecule has 1 aliphatic rings. The Morgan fingerprint density at radius 1 is 0.938 bits per heavy atom. The fourth-order valence-electron chi connectivity index (χ4n) is 5.52. The highest BCUT2D eigenvalue weighted by Crippen LogP contribution is 2.42. The average Bonchev–Trinajstić information content (AvgIpc) is 2.79. The minimum Gasteiger partial charge on any atom is -0.175 e. The Hall–Kier alpha value is -1.47. The van der Waals surface area contributed by atoms with Crippen LogP contribution in [-0.2, 0) is 0 Å². The van der Waals surface area contributed by atoms with Gasteiger partial charge in [-0.3, -0.25) is 0 Å². The van der Waals surface area contributed by atoms with E-state index in [1.807, 2.05) is 0 Å². The van der Waals surface area contributed by atoms with E-state index in [9.17, 15) is 0 Å². The Balaban J connectivity index is 2.77. The lowest BCUT2D eigenvalue weighted by molar-refractivity contribution is 0.758. The summed E-state index contributed by atoms with van der Waals surface area (Å²) in [5, 5.41) is 0. The van der Waals surface area contributed by atoms with E-state index >= 15 is 0 Å². The topological polar surface area (TPSA) is 0 Å². The maximum Gasteiger partial charge on any atom is 0.0119 e.